The Balaban J connectivity index is 2.38. The van der Waals surface area contributed by atoms with E-state index < -0.39 is 28.3 Å². The molecule has 0 aliphatic heterocycles. The molecule has 0 unspecified atom stereocenters. The van der Waals surface area contributed by atoms with E-state index >= 15 is 0 Å². The largest absolute Gasteiger partial charge is 0.462 e. The van der Waals surface area contributed by atoms with E-state index in [9.17, 15) is 17.2 Å². The first kappa shape index (κ1) is 14.5. The van der Waals surface area contributed by atoms with Crippen LogP contribution >= 0.6 is 0 Å². The van der Waals surface area contributed by atoms with E-state index in [0.29, 0.717) is 6.07 Å². The highest BCUT2D eigenvalue weighted by Gasteiger charge is 2.22. The van der Waals surface area contributed by atoms with Crippen LogP contribution in [0.3, 0.4) is 0 Å². The lowest BCUT2D eigenvalue weighted by molar-refractivity contribution is 0.245. The number of aliphatic hydroxyl groups is 1. The molecule has 0 saturated heterocycles. The van der Waals surface area contributed by atoms with E-state index in [0.717, 1.165) is 18.2 Å². The Morgan fingerprint density at radius 1 is 1.30 bits per heavy atom. The van der Waals surface area contributed by atoms with Crippen molar-refractivity contribution in [3.05, 3.63) is 47.4 Å². The summed E-state index contributed by atoms with van der Waals surface area (Å²) in [5, 5.41) is 8.89. The molecule has 0 spiro atoms. The van der Waals surface area contributed by atoms with Gasteiger partial charge in [0.25, 0.3) is 10.0 Å². The third-order valence-corrected chi connectivity index (χ3v) is 4.02. The van der Waals surface area contributed by atoms with E-state index in [1.165, 1.54) is 6.92 Å². The van der Waals surface area contributed by atoms with Crippen LogP contribution in [0.4, 0.5) is 14.5 Å². The molecule has 2 N–H and O–H groups in total. The fourth-order valence-corrected chi connectivity index (χ4v) is 2.91. The van der Waals surface area contributed by atoms with Gasteiger partial charge in [-0.1, -0.05) is 0 Å². The second kappa shape index (κ2) is 5.22. The van der Waals surface area contributed by atoms with E-state index in [1.54, 1.807) is 0 Å². The van der Waals surface area contributed by atoms with Crippen molar-refractivity contribution in [3.8, 4) is 0 Å². The van der Waals surface area contributed by atoms with Gasteiger partial charge in [0, 0.05) is 12.1 Å². The average Bonchev–Trinajstić information content (AvgIpc) is 2.75. The highest BCUT2D eigenvalue weighted by molar-refractivity contribution is 7.92. The maximum absolute atomic E-state index is 13.4. The number of nitrogens with one attached hydrogen (secondary N) is 1. The van der Waals surface area contributed by atoms with Crippen molar-refractivity contribution in [1.82, 2.24) is 0 Å². The summed E-state index contributed by atoms with van der Waals surface area (Å²) >= 11 is 0. The van der Waals surface area contributed by atoms with Gasteiger partial charge in [-0.3, -0.25) is 4.72 Å². The third kappa shape index (κ3) is 2.81. The zero-order chi connectivity index (χ0) is 14.9. The summed E-state index contributed by atoms with van der Waals surface area (Å²) in [5.74, 6) is -1.71. The van der Waals surface area contributed by atoms with Crippen LogP contribution in [0, 0.1) is 18.6 Å². The molecule has 0 amide bonds. The smallest absolute Gasteiger partial charge is 0.265 e. The number of benzene rings is 1. The summed E-state index contributed by atoms with van der Waals surface area (Å²) in [6.07, 6.45) is 0. The molecule has 108 valence electrons. The molecule has 0 aliphatic carbocycles. The topological polar surface area (TPSA) is 79.5 Å². The molecule has 20 heavy (non-hydrogen) atoms. The van der Waals surface area contributed by atoms with Crippen molar-refractivity contribution in [1.29, 1.82) is 0 Å². The van der Waals surface area contributed by atoms with Crippen molar-refractivity contribution in [2.24, 2.45) is 0 Å². The van der Waals surface area contributed by atoms with E-state index in [2.05, 4.69) is 0 Å². The lowest BCUT2D eigenvalue weighted by Crippen LogP contribution is -2.14. The molecule has 2 rings (SSSR count). The lowest BCUT2D eigenvalue weighted by Gasteiger charge is -2.07. The summed E-state index contributed by atoms with van der Waals surface area (Å²) in [7, 11) is -4.09. The van der Waals surface area contributed by atoms with Gasteiger partial charge in [-0.15, -0.1) is 0 Å². The maximum Gasteiger partial charge on any atom is 0.265 e. The molecule has 0 aliphatic rings. The van der Waals surface area contributed by atoms with Gasteiger partial charge >= 0.3 is 0 Å². The zero-order valence-corrected chi connectivity index (χ0v) is 11.2. The zero-order valence-electron chi connectivity index (χ0n) is 10.4. The molecule has 0 atom stereocenters. The predicted molar refractivity (Wildman–Crippen MR) is 66.5 cm³/mol. The van der Waals surface area contributed by atoms with Gasteiger partial charge in [0.05, 0.1) is 5.69 Å². The SMILES string of the molecule is Cc1oc(CO)cc1S(=O)(=O)Nc1ccc(F)cc1F. The molecule has 0 saturated carbocycles. The third-order valence-electron chi connectivity index (χ3n) is 2.54. The predicted octanol–water partition coefficient (Wildman–Crippen LogP) is 2.16. The Hall–Kier alpha value is -1.93. The highest BCUT2D eigenvalue weighted by atomic mass is 32.2. The van der Waals surface area contributed by atoms with Crippen molar-refractivity contribution in [2.45, 2.75) is 18.4 Å². The van der Waals surface area contributed by atoms with Gasteiger partial charge in [-0.05, 0) is 19.1 Å². The Morgan fingerprint density at radius 2 is 2.00 bits per heavy atom. The number of furan rings is 1. The average molecular weight is 303 g/mol. The molecule has 1 aromatic carbocycles. The first-order valence-electron chi connectivity index (χ1n) is 5.51. The first-order valence-corrected chi connectivity index (χ1v) is 7.00. The van der Waals surface area contributed by atoms with E-state index in [-0.39, 0.29) is 22.1 Å². The molecule has 1 aromatic heterocycles. The van der Waals surface area contributed by atoms with Crippen molar-refractivity contribution in [3.63, 3.8) is 0 Å². The lowest BCUT2D eigenvalue weighted by atomic mass is 10.3. The molecular weight excluding hydrogens is 292 g/mol. The standard InChI is InChI=1S/C12H11F2NO4S/c1-7-12(5-9(6-16)19-7)20(17,18)15-11-3-2-8(13)4-10(11)14/h2-5,15-16H,6H2,1H3. The van der Waals surface area contributed by atoms with Crippen LogP contribution in [0.25, 0.3) is 0 Å². The number of sulfonamides is 1. The minimum Gasteiger partial charge on any atom is -0.462 e. The van der Waals surface area contributed by atoms with Gasteiger partial charge in [0.15, 0.2) is 0 Å². The number of aryl methyl sites for hydroxylation is 1. The minimum atomic E-state index is -4.09. The Bertz CT molecular complexity index is 740. The van der Waals surface area contributed by atoms with Crippen LogP contribution in [-0.2, 0) is 16.6 Å². The summed E-state index contributed by atoms with van der Waals surface area (Å²) in [6, 6.07) is 3.62. The summed E-state index contributed by atoms with van der Waals surface area (Å²) < 4.78 is 57.4. The van der Waals surface area contributed by atoms with Crippen LogP contribution < -0.4 is 4.72 Å². The van der Waals surface area contributed by atoms with Gasteiger partial charge < -0.3 is 9.52 Å². The molecule has 8 heteroatoms. The summed E-state index contributed by atoms with van der Waals surface area (Å²) in [5.41, 5.74) is -0.377. The monoisotopic (exact) mass is 303 g/mol. The summed E-state index contributed by atoms with van der Waals surface area (Å²) in [6.45, 7) is 0.940. The van der Waals surface area contributed by atoms with Gasteiger partial charge in [-0.2, -0.15) is 0 Å². The first-order chi connectivity index (χ1) is 9.33. The van der Waals surface area contributed by atoms with Gasteiger partial charge in [0.1, 0.15) is 34.7 Å². The quantitative estimate of drug-likeness (QED) is 0.907. The fourth-order valence-electron chi connectivity index (χ4n) is 1.64. The van der Waals surface area contributed by atoms with Gasteiger partial charge in [-0.25, -0.2) is 17.2 Å². The van der Waals surface area contributed by atoms with Crippen molar-refractivity contribution in [2.75, 3.05) is 4.72 Å². The fraction of sp³-hybridized carbons (Fsp3) is 0.167. The summed E-state index contributed by atoms with van der Waals surface area (Å²) in [4.78, 5) is -0.217. The molecule has 0 fully saturated rings. The molecule has 5 nitrogen and oxygen atoms in total. The highest BCUT2D eigenvalue weighted by Crippen LogP contribution is 2.24. The van der Waals surface area contributed by atoms with Crippen LogP contribution in [0.5, 0.6) is 0 Å². The number of rotatable bonds is 4. The van der Waals surface area contributed by atoms with Crippen LogP contribution in [0.1, 0.15) is 11.5 Å². The number of aliphatic hydroxyl groups excluding tert-OH is 1. The van der Waals surface area contributed by atoms with Crippen LogP contribution in [0.2, 0.25) is 0 Å². The molecule has 2 aromatic rings. The Morgan fingerprint density at radius 3 is 2.55 bits per heavy atom. The molecule has 0 radical (unpaired) electrons. The number of anilines is 1. The Kier molecular flexibility index (Phi) is 3.78. The van der Waals surface area contributed by atoms with E-state index in [1.807, 2.05) is 4.72 Å². The second-order valence-electron chi connectivity index (χ2n) is 4.02. The van der Waals surface area contributed by atoms with E-state index in [4.69, 9.17) is 9.52 Å². The second-order valence-corrected chi connectivity index (χ2v) is 5.67. The Labute approximate surface area is 113 Å². The normalized spacial score (nSPS) is 11.6. The number of hydrogen-bond acceptors (Lipinski definition) is 4. The minimum absolute atomic E-state index is 0.0593. The molecule has 0 bridgehead atoms. The van der Waals surface area contributed by atoms with Crippen molar-refractivity contribution < 1.29 is 26.7 Å². The number of halogens is 2. The van der Waals surface area contributed by atoms with Crippen LogP contribution in [-0.4, -0.2) is 13.5 Å². The van der Waals surface area contributed by atoms with Crippen molar-refractivity contribution >= 4 is 15.7 Å². The van der Waals surface area contributed by atoms with Crippen LogP contribution in [0.15, 0.2) is 33.6 Å². The molecular formula is C12H11F2NO4S. The molecule has 1 heterocycles. The van der Waals surface area contributed by atoms with Gasteiger partial charge in [0.2, 0.25) is 0 Å². The maximum atomic E-state index is 13.4. The number of hydrogen-bond donors (Lipinski definition) is 2.